The molecule has 5 heavy (non-hydrogen) atoms. The van der Waals surface area contributed by atoms with E-state index in [1.807, 2.05) is 0 Å². The molecule has 0 aliphatic rings. The smallest absolute Gasteiger partial charge is 0 e. The molecule has 0 radical (unpaired) electrons. The summed E-state index contributed by atoms with van der Waals surface area (Å²) in [6.07, 6.45) is 0. The molecule has 0 aromatic rings. The van der Waals surface area contributed by atoms with Gasteiger partial charge in [0, 0.05) is 17.4 Å². The van der Waals surface area contributed by atoms with E-state index in [2.05, 4.69) is 0 Å². The van der Waals surface area contributed by atoms with Crippen LogP contribution in [0.15, 0.2) is 0 Å². The van der Waals surface area contributed by atoms with Crippen molar-refractivity contribution in [2.75, 3.05) is 0 Å². The van der Waals surface area contributed by atoms with Crippen LogP contribution in [-0.4, -0.2) is 0 Å². The molecule has 0 spiro atoms. The van der Waals surface area contributed by atoms with Crippen LogP contribution in [0.2, 0.25) is 0 Å². The zero-order valence-electron chi connectivity index (χ0n) is 2.04. The summed E-state index contributed by atoms with van der Waals surface area (Å²) in [6.45, 7) is 0. The third kappa shape index (κ3) is 27.1. The third-order valence-electron chi connectivity index (χ3n) is 0. The zero-order valence-corrected chi connectivity index (χ0v) is 6.58. The van der Waals surface area contributed by atoms with Crippen molar-refractivity contribution in [3.63, 3.8) is 0 Å². The van der Waals surface area contributed by atoms with Crippen molar-refractivity contribution in [1.29, 1.82) is 0 Å². The van der Waals surface area contributed by atoms with Gasteiger partial charge in [-0.2, -0.15) is 0 Å². The Hall–Kier alpha value is 1.69. The minimum atomic E-state index is 0. The summed E-state index contributed by atoms with van der Waals surface area (Å²) in [5.41, 5.74) is 0. The van der Waals surface area contributed by atoms with E-state index < -0.39 is 0 Å². The molecule has 0 bridgehead atoms. The Labute approximate surface area is 66.9 Å². The van der Waals surface area contributed by atoms with Crippen molar-refractivity contribution in [1.82, 2.24) is 0 Å². The van der Waals surface area contributed by atoms with Crippen molar-refractivity contribution < 1.29 is 17.4 Å². The van der Waals surface area contributed by atoms with Gasteiger partial charge in [0.15, 0.2) is 0 Å². The van der Waals surface area contributed by atoms with Gasteiger partial charge in [0.25, 0.3) is 0 Å². The van der Waals surface area contributed by atoms with Crippen LogP contribution in [0.4, 0.5) is 0 Å². The first-order chi connectivity index (χ1) is 0. The van der Waals surface area contributed by atoms with Crippen molar-refractivity contribution in [2.24, 2.45) is 0 Å². The number of rotatable bonds is 0. The molecule has 0 aromatic heterocycles. The van der Waals surface area contributed by atoms with Crippen LogP contribution in [0.25, 0.3) is 0 Å². The first kappa shape index (κ1) is 75.7. The second-order valence-corrected chi connectivity index (χ2v) is 0. The normalized spacial score (nSPS) is 0. The summed E-state index contributed by atoms with van der Waals surface area (Å²) in [4.78, 5) is 0. The number of hydrogen-bond donors (Lipinski definition) is 0. The van der Waals surface area contributed by atoms with Gasteiger partial charge in [-0.15, -0.1) is 49.6 Å². The molecule has 0 aliphatic carbocycles. The van der Waals surface area contributed by atoms with E-state index in [1.54, 1.807) is 0 Å². The molecule has 0 nitrogen and oxygen atoms in total. The molecule has 0 unspecified atom stereocenters. The molecular formula is H4Cl4Cr. The molecule has 0 saturated heterocycles. The summed E-state index contributed by atoms with van der Waals surface area (Å²) in [6, 6.07) is 0. The molecule has 38 valence electrons. The largest absolute Gasteiger partial charge is 0.147 e. The zero-order chi connectivity index (χ0) is 0. The van der Waals surface area contributed by atoms with E-state index in [0.29, 0.717) is 0 Å². The molecule has 0 fully saturated rings. The number of hydrogen-bond acceptors (Lipinski definition) is 0. The molecule has 0 aliphatic heterocycles. The average molecular weight is 198 g/mol. The summed E-state index contributed by atoms with van der Waals surface area (Å²) in [5.74, 6) is 0. The van der Waals surface area contributed by atoms with Gasteiger partial charge in [0.1, 0.15) is 0 Å². The predicted octanol–water partition coefficient (Wildman–Crippen LogP) is 1.68. The van der Waals surface area contributed by atoms with Gasteiger partial charge >= 0.3 is 0 Å². The predicted molar refractivity (Wildman–Crippen MR) is 29.0 cm³/mol. The van der Waals surface area contributed by atoms with Crippen LogP contribution in [0.5, 0.6) is 0 Å². The SMILES string of the molecule is Cl.Cl.Cl.Cl.[Cr]. The van der Waals surface area contributed by atoms with Gasteiger partial charge in [0.05, 0.1) is 0 Å². The maximum Gasteiger partial charge on any atom is 0 e. The molecule has 0 aromatic carbocycles. The van der Waals surface area contributed by atoms with Crippen molar-refractivity contribution >= 4 is 49.6 Å². The summed E-state index contributed by atoms with van der Waals surface area (Å²) in [7, 11) is 0. The fourth-order valence-electron chi connectivity index (χ4n) is 0. The first-order valence-corrected chi connectivity index (χ1v) is 0. The Morgan fingerprint density at radius 3 is 0.400 bits per heavy atom. The number of halogens is 4. The van der Waals surface area contributed by atoms with Crippen LogP contribution in [0, 0.1) is 0 Å². The van der Waals surface area contributed by atoms with Crippen LogP contribution >= 0.6 is 49.6 Å². The topological polar surface area (TPSA) is 0 Å². The van der Waals surface area contributed by atoms with Gasteiger partial charge < -0.3 is 0 Å². The molecule has 0 saturated carbocycles. The van der Waals surface area contributed by atoms with Crippen LogP contribution in [-0.2, 0) is 17.4 Å². The Balaban J connectivity index is 0. The van der Waals surface area contributed by atoms with Gasteiger partial charge in [-0.3, -0.25) is 0 Å². The Morgan fingerprint density at radius 2 is 0.400 bits per heavy atom. The molecular weight excluding hydrogens is 194 g/mol. The fourth-order valence-corrected chi connectivity index (χ4v) is 0. The van der Waals surface area contributed by atoms with Crippen molar-refractivity contribution in [3.05, 3.63) is 0 Å². The maximum absolute atomic E-state index is 0. The van der Waals surface area contributed by atoms with E-state index in [1.165, 1.54) is 0 Å². The molecule has 0 rings (SSSR count). The van der Waals surface area contributed by atoms with E-state index in [0.717, 1.165) is 0 Å². The standard InChI is InChI=1S/4ClH.Cr/h4*1H;. The van der Waals surface area contributed by atoms with E-state index in [4.69, 9.17) is 0 Å². The van der Waals surface area contributed by atoms with Crippen molar-refractivity contribution in [3.8, 4) is 0 Å². The first-order valence-electron chi connectivity index (χ1n) is 0. The Bertz CT molecular complexity index is 3.61. The van der Waals surface area contributed by atoms with E-state index in [-0.39, 0.29) is 67.0 Å². The molecule has 0 N–H and O–H groups in total. The van der Waals surface area contributed by atoms with Gasteiger partial charge in [-0.1, -0.05) is 0 Å². The van der Waals surface area contributed by atoms with Crippen LogP contribution in [0.1, 0.15) is 0 Å². The fraction of sp³-hybridized carbons (Fsp3) is 0. The third-order valence-corrected chi connectivity index (χ3v) is 0. The van der Waals surface area contributed by atoms with Gasteiger partial charge in [0.2, 0.25) is 0 Å². The monoisotopic (exact) mass is 196 g/mol. The Morgan fingerprint density at radius 1 is 0.400 bits per heavy atom. The second-order valence-electron chi connectivity index (χ2n) is 0. The quantitative estimate of drug-likeness (QED) is 0.555. The summed E-state index contributed by atoms with van der Waals surface area (Å²) in [5, 5.41) is 0. The molecule has 0 atom stereocenters. The van der Waals surface area contributed by atoms with Crippen LogP contribution < -0.4 is 0 Å². The van der Waals surface area contributed by atoms with Crippen LogP contribution in [0.3, 0.4) is 0 Å². The van der Waals surface area contributed by atoms with Gasteiger partial charge in [-0.25, -0.2) is 0 Å². The molecule has 5 heteroatoms. The van der Waals surface area contributed by atoms with E-state index in [9.17, 15) is 0 Å². The van der Waals surface area contributed by atoms with E-state index >= 15 is 0 Å². The second kappa shape index (κ2) is 43.8. The Kier molecular flexibility index (Phi) is 663. The average Bonchev–Trinajstić information content (AvgIpc) is 0. The summed E-state index contributed by atoms with van der Waals surface area (Å²) >= 11 is 0. The summed E-state index contributed by atoms with van der Waals surface area (Å²) < 4.78 is 0. The minimum absolute atomic E-state index is 0. The van der Waals surface area contributed by atoms with Gasteiger partial charge in [-0.05, 0) is 0 Å². The van der Waals surface area contributed by atoms with Crippen molar-refractivity contribution in [2.45, 2.75) is 0 Å². The molecule has 0 amide bonds. The molecule has 0 heterocycles. The minimum Gasteiger partial charge on any atom is -0.147 e. The maximum atomic E-state index is 0.